The number of hydrogen-bond donors (Lipinski definition) is 0. The number of fused-ring (bicyclic) bond motifs is 3. The Balaban J connectivity index is 0.00000196. The molecule has 0 atom stereocenters. The van der Waals surface area contributed by atoms with E-state index in [2.05, 4.69) is 57.9 Å². The lowest BCUT2D eigenvalue weighted by Gasteiger charge is -2.11. The molecule has 4 aromatic rings. The summed E-state index contributed by atoms with van der Waals surface area (Å²) in [6.45, 7) is 3.01. The first-order valence-corrected chi connectivity index (χ1v) is 8.32. The van der Waals surface area contributed by atoms with Crippen LogP contribution in [0.4, 0.5) is 5.69 Å². The second-order valence-electron chi connectivity index (χ2n) is 5.90. The summed E-state index contributed by atoms with van der Waals surface area (Å²) in [5, 5.41) is 7.26. The highest BCUT2D eigenvalue weighted by molar-refractivity contribution is 6.09. The van der Waals surface area contributed by atoms with Crippen LogP contribution < -0.4 is 21.5 Å². The first kappa shape index (κ1) is 17.9. The average Bonchev–Trinajstić information content (AvgIpc) is 2.67. The molecular formula is C21H17BrN4. The molecule has 0 N–H and O–H groups in total. The smallest absolute Gasteiger partial charge is 0.220 e. The third-order valence-corrected chi connectivity index (χ3v) is 4.54. The molecule has 0 amide bonds. The molecule has 0 spiro atoms. The van der Waals surface area contributed by atoms with Gasteiger partial charge < -0.3 is 17.0 Å². The summed E-state index contributed by atoms with van der Waals surface area (Å²) >= 11 is 0. The molecule has 5 heteroatoms. The Hall–Kier alpha value is -2.88. The average molecular weight is 405 g/mol. The van der Waals surface area contributed by atoms with Crippen LogP contribution in [0, 0.1) is 0 Å². The van der Waals surface area contributed by atoms with Gasteiger partial charge in [0, 0.05) is 27.6 Å². The van der Waals surface area contributed by atoms with Gasteiger partial charge in [0.25, 0.3) is 0 Å². The van der Waals surface area contributed by atoms with Crippen molar-refractivity contribution in [1.82, 2.24) is 0 Å². The second-order valence-corrected chi connectivity index (χ2v) is 5.90. The number of aryl methyl sites for hydroxylation is 1. The van der Waals surface area contributed by atoms with Crippen LogP contribution >= 0.6 is 0 Å². The van der Waals surface area contributed by atoms with E-state index in [-0.39, 0.29) is 17.0 Å². The number of benzene rings is 3. The molecule has 0 radical (unpaired) electrons. The van der Waals surface area contributed by atoms with Gasteiger partial charge in [0.2, 0.25) is 11.2 Å². The number of halogens is 1. The number of pyridine rings is 1. The minimum absolute atomic E-state index is 0. The van der Waals surface area contributed by atoms with Gasteiger partial charge in [0.1, 0.15) is 6.54 Å². The zero-order valence-corrected chi connectivity index (χ0v) is 15.9. The van der Waals surface area contributed by atoms with E-state index in [1.807, 2.05) is 36.4 Å². The monoisotopic (exact) mass is 404 g/mol. The van der Waals surface area contributed by atoms with Crippen LogP contribution in [0.25, 0.3) is 43.4 Å². The van der Waals surface area contributed by atoms with Crippen molar-refractivity contribution in [2.45, 2.75) is 13.5 Å². The predicted molar refractivity (Wildman–Crippen MR) is 102 cm³/mol. The molecule has 0 saturated heterocycles. The summed E-state index contributed by atoms with van der Waals surface area (Å²) in [5.41, 5.74) is 12.9. The molecule has 128 valence electrons. The summed E-state index contributed by atoms with van der Waals surface area (Å²) in [6.07, 6.45) is 0. The number of para-hydroxylation sites is 1. The largest absolute Gasteiger partial charge is 1.00 e. The van der Waals surface area contributed by atoms with E-state index in [1.165, 1.54) is 10.9 Å². The molecule has 4 rings (SSSR count). The second kappa shape index (κ2) is 7.56. The van der Waals surface area contributed by atoms with Gasteiger partial charge in [-0.05, 0) is 36.7 Å². The molecule has 3 aromatic carbocycles. The topological polar surface area (TPSA) is 52.6 Å². The van der Waals surface area contributed by atoms with Gasteiger partial charge in [-0.1, -0.05) is 47.6 Å². The van der Waals surface area contributed by atoms with Gasteiger partial charge in [-0.25, -0.2) is 0 Å². The maximum atomic E-state index is 8.80. The van der Waals surface area contributed by atoms with E-state index in [0.717, 1.165) is 28.6 Å². The molecule has 0 unspecified atom stereocenters. The van der Waals surface area contributed by atoms with Crippen molar-refractivity contribution in [3.63, 3.8) is 0 Å². The van der Waals surface area contributed by atoms with Crippen LogP contribution in [-0.2, 0) is 6.54 Å². The van der Waals surface area contributed by atoms with Crippen molar-refractivity contribution in [2.75, 3.05) is 0 Å². The van der Waals surface area contributed by atoms with Gasteiger partial charge in [-0.3, -0.25) is 0 Å². The van der Waals surface area contributed by atoms with Crippen molar-refractivity contribution in [3.8, 4) is 11.3 Å². The highest BCUT2D eigenvalue weighted by atomic mass is 79.9. The van der Waals surface area contributed by atoms with E-state index >= 15 is 0 Å². The lowest BCUT2D eigenvalue weighted by atomic mass is 9.98. The zero-order chi connectivity index (χ0) is 17.2. The Morgan fingerprint density at radius 3 is 2.35 bits per heavy atom. The van der Waals surface area contributed by atoms with Gasteiger partial charge >= 0.3 is 0 Å². The highest BCUT2D eigenvalue weighted by Crippen LogP contribution is 2.33. The summed E-state index contributed by atoms with van der Waals surface area (Å²) < 4.78 is 2.33. The van der Waals surface area contributed by atoms with Gasteiger partial charge in [-0.2, -0.15) is 4.57 Å². The van der Waals surface area contributed by atoms with E-state index in [9.17, 15) is 0 Å². The molecular weight excluding hydrogens is 388 g/mol. The van der Waals surface area contributed by atoms with Crippen molar-refractivity contribution >= 4 is 27.4 Å². The van der Waals surface area contributed by atoms with E-state index in [0.29, 0.717) is 5.69 Å². The number of nitrogens with zero attached hydrogens (tertiary/aromatic N) is 4. The summed E-state index contributed by atoms with van der Waals surface area (Å²) in [6, 6.07) is 24.7. The quantitative estimate of drug-likeness (QED) is 0.166. The lowest BCUT2D eigenvalue weighted by molar-refractivity contribution is -0.655. The number of aromatic nitrogens is 1. The van der Waals surface area contributed by atoms with E-state index in [1.54, 1.807) is 0 Å². The summed E-state index contributed by atoms with van der Waals surface area (Å²) in [5.74, 6) is 0. The van der Waals surface area contributed by atoms with Crippen LogP contribution in [0.1, 0.15) is 6.92 Å². The molecule has 0 fully saturated rings. The maximum Gasteiger partial charge on any atom is 0.220 e. The van der Waals surface area contributed by atoms with Crippen LogP contribution in [0.3, 0.4) is 0 Å². The molecule has 0 bridgehead atoms. The fourth-order valence-corrected chi connectivity index (χ4v) is 3.52. The van der Waals surface area contributed by atoms with Gasteiger partial charge in [0.15, 0.2) is 0 Å². The predicted octanol–water partition coefficient (Wildman–Crippen LogP) is 2.91. The molecule has 26 heavy (non-hydrogen) atoms. The summed E-state index contributed by atoms with van der Waals surface area (Å²) in [4.78, 5) is 2.94. The number of azide groups is 1. The first-order chi connectivity index (χ1) is 12.3. The maximum absolute atomic E-state index is 8.80. The molecule has 1 aromatic heterocycles. The Morgan fingerprint density at radius 1 is 0.885 bits per heavy atom. The van der Waals surface area contributed by atoms with Gasteiger partial charge in [0.05, 0.1) is 10.8 Å². The SMILES string of the molecule is CC[n+]1c(-c2ccccc2)c2cc(N=[N+]=[N-])ccc2c2ccccc21.[Br-]. The third-order valence-electron chi connectivity index (χ3n) is 4.54. The minimum atomic E-state index is 0. The minimum Gasteiger partial charge on any atom is -1.00 e. The van der Waals surface area contributed by atoms with Crippen molar-refractivity contribution in [2.24, 2.45) is 5.11 Å². The Bertz CT molecular complexity index is 1130. The fraction of sp³-hybridized carbons (Fsp3) is 0.0952. The fourth-order valence-electron chi connectivity index (χ4n) is 3.52. The molecule has 1 heterocycles. The van der Waals surface area contributed by atoms with Crippen LogP contribution in [0.15, 0.2) is 77.9 Å². The standard InChI is InChI=1S/C21H17N4.BrH/c1-2-25-20-11-7-6-10-18(20)17-13-12-16(23-24-22)14-19(17)21(25)15-8-4-3-5-9-15;/h3-14H,2H2,1H3;1H/q+1;/p-1. The molecule has 0 saturated carbocycles. The third kappa shape index (κ3) is 2.92. The zero-order valence-electron chi connectivity index (χ0n) is 14.3. The summed E-state index contributed by atoms with van der Waals surface area (Å²) in [7, 11) is 0. The first-order valence-electron chi connectivity index (χ1n) is 8.32. The van der Waals surface area contributed by atoms with E-state index in [4.69, 9.17) is 5.53 Å². The number of rotatable bonds is 3. The van der Waals surface area contributed by atoms with Crippen molar-refractivity contribution in [3.05, 3.63) is 83.2 Å². The number of hydrogen-bond acceptors (Lipinski definition) is 1. The molecule has 0 aliphatic heterocycles. The van der Waals surface area contributed by atoms with E-state index < -0.39 is 0 Å². The molecule has 0 aliphatic rings. The Morgan fingerprint density at radius 2 is 1.62 bits per heavy atom. The normalized spacial score (nSPS) is 10.3. The Kier molecular flexibility index (Phi) is 5.21. The Labute approximate surface area is 162 Å². The molecule has 0 aliphatic carbocycles. The molecule has 4 nitrogen and oxygen atoms in total. The highest BCUT2D eigenvalue weighted by Gasteiger charge is 2.21. The van der Waals surface area contributed by atoms with Crippen LogP contribution in [0.2, 0.25) is 0 Å². The van der Waals surface area contributed by atoms with Crippen LogP contribution in [0.5, 0.6) is 0 Å². The lowest BCUT2D eigenvalue weighted by Crippen LogP contribution is -3.00. The van der Waals surface area contributed by atoms with Crippen molar-refractivity contribution < 1.29 is 21.5 Å². The van der Waals surface area contributed by atoms with Crippen molar-refractivity contribution in [1.29, 1.82) is 0 Å². The van der Waals surface area contributed by atoms with Crippen LogP contribution in [-0.4, -0.2) is 0 Å². The van der Waals surface area contributed by atoms with Gasteiger partial charge in [-0.15, -0.1) is 0 Å².